The maximum absolute atomic E-state index is 4.54. The standard InChI is InChI=1S/C33H26/c1-3-29(28-20-18-26(19-21-28)25-12-6-4-7-13-25)24(2)30-22-23-31(27-14-8-5-9-15-27)33-17-11-10-16-32(30)33/h3-23H,2H2,1H3/b29-3+. The van der Waals surface area contributed by atoms with Gasteiger partial charge in [-0.2, -0.15) is 0 Å². The van der Waals surface area contributed by atoms with Crippen LogP contribution >= 0.6 is 0 Å². The summed E-state index contributed by atoms with van der Waals surface area (Å²) in [5.74, 6) is 0. The molecule has 0 N–H and O–H groups in total. The van der Waals surface area contributed by atoms with Crippen LogP contribution in [0.2, 0.25) is 0 Å². The first kappa shape index (κ1) is 20.7. The molecule has 5 aromatic rings. The molecule has 0 bridgehead atoms. The normalized spacial score (nSPS) is 11.5. The Balaban J connectivity index is 1.54. The first-order valence-electron chi connectivity index (χ1n) is 11.4. The average molecular weight is 423 g/mol. The third-order valence-corrected chi connectivity index (χ3v) is 6.25. The van der Waals surface area contributed by atoms with Crippen LogP contribution in [0.4, 0.5) is 0 Å². The molecule has 0 aliphatic rings. The second kappa shape index (κ2) is 9.14. The van der Waals surface area contributed by atoms with Crippen molar-refractivity contribution in [1.29, 1.82) is 0 Å². The lowest BCUT2D eigenvalue weighted by atomic mass is 9.87. The predicted octanol–water partition coefficient (Wildman–Crippen LogP) is 9.29. The predicted molar refractivity (Wildman–Crippen MR) is 144 cm³/mol. The molecule has 0 amide bonds. The highest BCUT2D eigenvalue weighted by atomic mass is 14.2. The molecule has 158 valence electrons. The summed E-state index contributed by atoms with van der Waals surface area (Å²) in [4.78, 5) is 0. The molecule has 5 rings (SSSR count). The van der Waals surface area contributed by atoms with Gasteiger partial charge in [-0.25, -0.2) is 0 Å². The van der Waals surface area contributed by atoms with E-state index in [1.807, 2.05) is 6.07 Å². The highest BCUT2D eigenvalue weighted by molar-refractivity contribution is 6.12. The van der Waals surface area contributed by atoms with E-state index in [-0.39, 0.29) is 0 Å². The van der Waals surface area contributed by atoms with Crippen LogP contribution in [0.25, 0.3) is 44.2 Å². The van der Waals surface area contributed by atoms with E-state index in [0.29, 0.717) is 0 Å². The number of benzene rings is 5. The van der Waals surface area contributed by atoms with Crippen LogP contribution in [-0.4, -0.2) is 0 Å². The monoisotopic (exact) mass is 422 g/mol. The number of allylic oxidation sites excluding steroid dienone is 3. The minimum Gasteiger partial charge on any atom is -0.0905 e. The highest BCUT2D eigenvalue weighted by Gasteiger charge is 2.13. The van der Waals surface area contributed by atoms with E-state index in [4.69, 9.17) is 0 Å². The molecular weight excluding hydrogens is 396 g/mol. The molecule has 0 aliphatic heterocycles. The maximum Gasteiger partial charge on any atom is -0.00992 e. The molecule has 0 unspecified atom stereocenters. The zero-order valence-electron chi connectivity index (χ0n) is 18.8. The van der Waals surface area contributed by atoms with Gasteiger partial charge in [-0.1, -0.05) is 134 Å². The largest absolute Gasteiger partial charge is 0.0905 e. The Hall–Kier alpha value is -4.16. The summed E-state index contributed by atoms with van der Waals surface area (Å²) in [6, 6.07) is 42.9. The molecule has 0 heteroatoms. The van der Waals surface area contributed by atoms with Crippen molar-refractivity contribution in [1.82, 2.24) is 0 Å². The summed E-state index contributed by atoms with van der Waals surface area (Å²) >= 11 is 0. The molecule has 0 radical (unpaired) electrons. The van der Waals surface area contributed by atoms with Crippen LogP contribution in [0, 0.1) is 0 Å². The van der Waals surface area contributed by atoms with Gasteiger partial charge in [0.05, 0.1) is 0 Å². The molecule has 0 aliphatic carbocycles. The molecule has 0 saturated heterocycles. The number of hydrogen-bond donors (Lipinski definition) is 0. The summed E-state index contributed by atoms with van der Waals surface area (Å²) in [6.45, 7) is 6.63. The van der Waals surface area contributed by atoms with Gasteiger partial charge in [-0.3, -0.25) is 0 Å². The zero-order valence-corrected chi connectivity index (χ0v) is 18.8. The lowest BCUT2D eigenvalue weighted by Gasteiger charge is -2.16. The van der Waals surface area contributed by atoms with Crippen LogP contribution in [-0.2, 0) is 0 Å². The fourth-order valence-electron chi connectivity index (χ4n) is 4.56. The van der Waals surface area contributed by atoms with E-state index < -0.39 is 0 Å². The van der Waals surface area contributed by atoms with Gasteiger partial charge in [0.25, 0.3) is 0 Å². The molecule has 0 nitrogen and oxygen atoms in total. The Morgan fingerprint density at radius 2 is 1.09 bits per heavy atom. The second-order valence-corrected chi connectivity index (χ2v) is 8.20. The van der Waals surface area contributed by atoms with Crippen molar-refractivity contribution in [2.24, 2.45) is 0 Å². The Kier molecular flexibility index (Phi) is 5.74. The summed E-state index contributed by atoms with van der Waals surface area (Å²) in [7, 11) is 0. The fourth-order valence-corrected chi connectivity index (χ4v) is 4.56. The number of rotatable bonds is 5. The van der Waals surface area contributed by atoms with Crippen molar-refractivity contribution in [2.45, 2.75) is 6.92 Å². The van der Waals surface area contributed by atoms with Crippen LogP contribution in [0.3, 0.4) is 0 Å². The third kappa shape index (κ3) is 4.04. The number of hydrogen-bond acceptors (Lipinski definition) is 0. The third-order valence-electron chi connectivity index (χ3n) is 6.25. The Labute approximate surface area is 196 Å². The van der Waals surface area contributed by atoms with Crippen molar-refractivity contribution in [3.8, 4) is 22.3 Å². The first-order chi connectivity index (χ1) is 16.3. The minimum absolute atomic E-state index is 1.04. The summed E-state index contributed by atoms with van der Waals surface area (Å²) in [5, 5.41) is 2.47. The lowest BCUT2D eigenvalue weighted by Crippen LogP contribution is -1.93. The molecule has 33 heavy (non-hydrogen) atoms. The van der Waals surface area contributed by atoms with E-state index in [1.54, 1.807) is 0 Å². The van der Waals surface area contributed by atoms with Gasteiger partial charge in [0.1, 0.15) is 0 Å². The van der Waals surface area contributed by atoms with Crippen molar-refractivity contribution in [2.75, 3.05) is 0 Å². The molecule has 0 fully saturated rings. The van der Waals surface area contributed by atoms with E-state index >= 15 is 0 Å². The topological polar surface area (TPSA) is 0 Å². The quantitative estimate of drug-likeness (QED) is 0.248. The van der Waals surface area contributed by atoms with E-state index in [9.17, 15) is 0 Å². The summed E-state index contributed by atoms with van der Waals surface area (Å²) in [6.07, 6.45) is 2.17. The Morgan fingerprint density at radius 3 is 1.73 bits per heavy atom. The van der Waals surface area contributed by atoms with E-state index in [0.717, 1.165) is 11.1 Å². The Bertz CT molecular complexity index is 1440. The van der Waals surface area contributed by atoms with Crippen molar-refractivity contribution in [3.05, 3.63) is 145 Å². The van der Waals surface area contributed by atoms with Gasteiger partial charge < -0.3 is 0 Å². The smallest absolute Gasteiger partial charge is 0.00992 e. The Morgan fingerprint density at radius 1 is 0.545 bits per heavy atom. The fraction of sp³-hybridized carbons (Fsp3) is 0.0303. The lowest BCUT2D eigenvalue weighted by molar-refractivity contribution is 1.56. The SMILES string of the molecule is C=C(/C(=C\C)c1ccc(-c2ccccc2)cc1)c1ccc(-c2ccccc2)c2ccccc12. The van der Waals surface area contributed by atoms with Gasteiger partial charge in [0, 0.05) is 0 Å². The zero-order chi connectivity index (χ0) is 22.6. The van der Waals surface area contributed by atoms with Gasteiger partial charge >= 0.3 is 0 Å². The van der Waals surface area contributed by atoms with Crippen molar-refractivity contribution >= 4 is 21.9 Å². The first-order valence-corrected chi connectivity index (χ1v) is 11.4. The van der Waals surface area contributed by atoms with Crippen LogP contribution in [0.1, 0.15) is 18.1 Å². The average Bonchev–Trinajstić information content (AvgIpc) is 2.90. The molecule has 0 aromatic heterocycles. The molecule has 0 spiro atoms. The number of fused-ring (bicyclic) bond motifs is 1. The molecular formula is C33H26. The van der Waals surface area contributed by atoms with Gasteiger partial charge in [0.15, 0.2) is 0 Å². The van der Waals surface area contributed by atoms with E-state index in [2.05, 4.69) is 135 Å². The highest BCUT2D eigenvalue weighted by Crippen LogP contribution is 2.38. The van der Waals surface area contributed by atoms with Crippen molar-refractivity contribution in [3.63, 3.8) is 0 Å². The molecule has 5 aromatic carbocycles. The van der Waals surface area contributed by atoms with Crippen LogP contribution < -0.4 is 0 Å². The summed E-state index contributed by atoms with van der Waals surface area (Å²) < 4.78 is 0. The van der Waals surface area contributed by atoms with Crippen LogP contribution in [0.5, 0.6) is 0 Å². The maximum atomic E-state index is 4.54. The molecule has 0 saturated carbocycles. The van der Waals surface area contributed by atoms with Gasteiger partial charge in [0.2, 0.25) is 0 Å². The second-order valence-electron chi connectivity index (χ2n) is 8.20. The van der Waals surface area contributed by atoms with Crippen LogP contribution in [0.15, 0.2) is 134 Å². The molecule has 0 atom stereocenters. The van der Waals surface area contributed by atoms with E-state index in [1.165, 1.54) is 44.2 Å². The molecule has 0 heterocycles. The van der Waals surface area contributed by atoms with Gasteiger partial charge in [-0.15, -0.1) is 0 Å². The summed E-state index contributed by atoms with van der Waals surface area (Å²) in [5.41, 5.74) is 9.48. The minimum atomic E-state index is 1.04. The van der Waals surface area contributed by atoms with Gasteiger partial charge in [-0.05, 0) is 62.2 Å². The van der Waals surface area contributed by atoms with Crippen molar-refractivity contribution < 1.29 is 0 Å².